The van der Waals surface area contributed by atoms with Crippen molar-refractivity contribution in [3.63, 3.8) is 0 Å². The van der Waals surface area contributed by atoms with Gasteiger partial charge in [-0.05, 0) is 43.2 Å². The molecule has 0 bridgehead atoms. The quantitative estimate of drug-likeness (QED) is 0.858. The van der Waals surface area contributed by atoms with Crippen molar-refractivity contribution in [2.45, 2.75) is 26.4 Å². The summed E-state index contributed by atoms with van der Waals surface area (Å²) in [5, 5.41) is 3.88. The second-order valence-electron chi connectivity index (χ2n) is 4.69. The molecule has 0 amide bonds. The van der Waals surface area contributed by atoms with Crippen LogP contribution in [0.25, 0.3) is 0 Å². The van der Waals surface area contributed by atoms with Gasteiger partial charge in [0.25, 0.3) is 0 Å². The molecule has 0 fully saturated rings. The zero-order valence-electron chi connectivity index (χ0n) is 11.1. The summed E-state index contributed by atoms with van der Waals surface area (Å²) in [4.78, 5) is 0. The van der Waals surface area contributed by atoms with Gasteiger partial charge in [-0.2, -0.15) is 0 Å². The van der Waals surface area contributed by atoms with Gasteiger partial charge in [0.1, 0.15) is 5.82 Å². The van der Waals surface area contributed by atoms with E-state index in [1.165, 1.54) is 17.2 Å². The molecule has 2 rings (SSSR count). The third kappa shape index (κ3) is 3.55. The van der Waals surface area contributed by atoms with Crippen LogP contribution >= 0.6 is 11.6 Å². The minimum Gasteiger partial charge on any atom is -0.306 e. The van der Waals surface area contributed by atoms with Gasteiger partial charge in [0.2, 0.25) is 0 Å². The molecule has 3 heteroatoms. The lowest BCUT2D eigenvalue weighted by Crippen LogP contribution is -2.19. The number of hydrogen-bond donors (Lipinski definition) is 1. The monoisotopic (exact) mass is 277 g/mol. The molecule has 0 saturated heterocycles. The van der Waals surface area contributed by atoms with Crippen LogP contribution in [-0.4, -0.2) is 0 Å². The van der Waals surface area contributed by atoms with Crippen molar-refractivity contribution in [1.29, 1.82) is 0 Å². The molecule has 0 aliphatic heterocycles. The number of rotatable bonds is 4. The average Bonchev–Trinajstić information content (AvgIpc) is 2.40. The Morgan fingerprint density at radius 3 is 2.68 bits per heavy atom. The largest absolute Gasteiger partial charge is 0.306 e. The van der Waals surface area contributed by atoms with Crippen LogP contribution in [0.3, 0.4) is 0 Å². The Labute approximate surface area is 118 Å². The maximum absolute atomic E-state index is 13.6. The summed E-state index contributed by atoms with van der Waals surface area (Å²) in [6.07, 6.45) is 0. The van der Waals surface area contributed by atoms with Gasteiger partial charge in [0.15, 0.2) is 0 Å². The topological polar surface area (TPSA) is 12.0 Å². The molecule has 1 nitrogen and oxygen atoms in total. The first kappa shape index (κ1) is 14.0. The van der Waals surface area contributed by atoms with Crippen LogP contribution in [0, 0.1) is 12.7 Å². The van der Waals surface area contributed by atoms with Crippen LogP contribution in [0.1, 0.15) is 29.7 Å². The van der Waals surface area contributed by atoms with Crippen molar-refractivity contribution >= 4 is 11.6 Å². The highest BCUT2D eigenvalue weighted by Gasteiger charge is 2.09. The fraction of sp³-hybridized carbons (Fsp3) is 0.250. The maximum atomic E-state index is 13.6. The molecule has 1 unspecified atom stereocenters. The summed E-state index contributed by atoms with van der Waals surface area (Å²) in [5.41, 5.74) is 3.05. The van der Waals surface area contributed by atoms with E-state index in [2.05, 4.69) is 31.3 Å². The van der Waals surface area contributed by atoms with Gasteiger partial charge >= 0.3 is 0 Å². The van der Waals surface area contributed by atoms with Gasteiger partial charge in [-0.1, -0.05) is 35.9 Å². The molecule has 2 aromatic carbocycles. The Balaban J connectivity index is 2.06. The maximum Gasteiger partial charge on any atom is 0.127 e. The SMILES string of the molecule is Cc1ccccc1C(C)NCc1cc(Cl)ccc1F. The van der Waals surface area contributed by atoms with Gasteiger partial charge in [-0.3, -0.25) is 0 Å². The van der Waals surface area contributed by atoms with E-state index in [0.29, 0.717) is 17.1 Å². The summed E-state index contributed by atoms with van der Waals surface area (Å²) in [6.45, 7) is 4.61. The highest BCUT2D eigenvalue weighted by Crippen LogP contribution is 2.19. The van der Waals surface area contributed by atoms with Gasteiger partial charge in [0.05, 0.1) is 0 Å². The zero-order valence-corrected chi connectivity index (χ0v) is 11.8. The van der Waals surface area contributed by atoms with Crippen molar-refractivity contribution in [1.82, 2.24) is 5.32 Å². The van der Waals surface area contributed by atoms with Crippen molar-refractivity contribution < 1.29 is 4.39 Å². The zero-order chi connectivity index (χ0) is 13.8. The van der Waals surface area contributed by atoms with Crippen LogP contribution in [0.4, 0.5) is 4.39 Å². The average molecular weight is 278 g/mol. The van der Waals surface area contributed by atoms with Crippen molar-refractivity contribution in [2.75, 3.05) is 0 Å². The lowest BCUT2D eigenvalue weighted by molar-refractivity contribution is 0.543. The Hall–Kier alpha value is -1.38. The van der Waals surface area contributed by atoms with Crippen LogP contribution in [0.2, 0.25) is 5.02 Å². The van der Waals surface area contributed by atoms with E-state index < -0.39 is 0 Å². The summed E-state index contributed by atoms with van der Waals surface area (Å²) in [6, 6.07) is 13.0. The molecule has 1 N–H and O–H groups in total. The molecular formula is C16H17ClFN. The minimum atomic E-state index is -0.228. The summed E-state index contributed by atoms with van der Waals surface area (Å²) >= 11 is 5.88. The Morgan fingerprint density at radius 1 is 1.21 bits per heavy atom. The predicted octanol–water partition coefficient (Wildman–Crippen LogP) is 4.64. The standard InChI is InChI=1S/C16H17ClFN/c1-11-5-3-4-6-15(11)12(2)19-10-13-9-14(17)7-8-16(13)18/h3-9,12,19H,10H2,1-2H3. The third-order valence-corrected chi connectivity index (χ3v) is 3.50. The molecule has 0 heterocycles. The fourth-order valence-electron chi connectivity index (χ4n) is 2.12. The minimum absolute atomic E-state index is 0.166. The normalized spacial score (nSPS) is 12.4. The summed E-state index contributed by atoms with van der Waals surface area (Å²) < 4.78 is 13.6. The van der Waals surface area contributed by atoms with Gasteiger partial charge in [-0.15, -0.1) is 0 Å². The first-order valence-electron chi connectivity index (χ1n) is 6.31. The van der Waals surface area contributed by atoms with E-state index in [1.54, 1.807) is 12.1 Å². The first-order valence-corrected chi connectivity index (χ1v) is 6.68. The molecule has 2 aromatic rings. The molecule has 0 aromatic heterocycles. The molecule has 0 saturated carbocycles. The fourth-order valence-corrected chi connectivity index (χ4v) is 2.32. The number of benzene rings is 2. The second-order valence-corrected chi connectivity index (χ2v) is 5.13. The summed E-state index contributed by atoms with van der Waals surface area (Å²) in [5.74, 6) is -0.228. The molecule has 0 aliphatic carbocycles. The van der Waals surface area contributed by atoms with Gasteiger partial charge in [0, 0.05) is 23.2 Å². The van der Waals surface area contributed by atoms with E-state index in [9.17, 15) is 4.39 Å². The van der Waals surface area contributed by atoms with Crippen molar-refractivity contribution in [2.24, 2.45) is 0 Å². The number of nitrogens with one attached hydrogen (secondary N) is 1. The highest BCUT2D eigenvalue weighted by molar-refractivity contribution is 6.30. The Kier molecular flexibility index (Phi) is 4.56. The van der Waals surface area contributed by atoms with Crippen LogP contribution < -0.4 is 5.32 Å². The van der Waals surface area contributed by atoms with E-state index in [-0.39, 0.29) is 11.9 Å². The molecule has 0 radical (unpaired) electrons. The van der Waals surface area contributed by atoms with E-state index >= 15 is 0 Å². The second kappa shape index (κ2) is 6.18. The molecule has 0 aliphatic rings. The molecule has 19 heavy (non-hydrogen) atoms. The number of halogens is 2. The number of aryl methyl sites for hydroxylation is 1. The van der Waals surface area contributed by atoms with Crippen LogP contribution in [0.5, 0.6) is 0 Å². The van der Waals surface area contributed by atoms with Crippen molar-refractivity contribution in [3.8, 4) is 0 Å². The van der Waals surface area contributed by atoms with Crippen LogP contribution in [-0.2, 0) is 6.54 Å². The first-order chi connectivity index (χ1) is 9.08. The molecular weight excluding hydrogens is 261 g/mol. The number of hydrogen-bond acceptors (Lipinski definition) is 1. The summed E-state index contributed by atoms with van der Waals surface area (Å²) in [7, 11) is 0. The Bertz CT molecular complexity index is 568. The van der Waals surface area contributed by atoms with E-state index in [1.807, 2.05) is 12.1 Å². The molecule has 0 spiro atoms. The lowest BCUT2D eigenvalue weighted by Gasteiger charge is -2.17. The van der Waals surface area contributed by atoms with E-state index in [4.69, 9.17) is 11.6 Å². The molecule has 100 valence electrons. The Morgan fingerprint density at radius 2 is 1.95 bits per heavy atom. The lowest BCUT2D eigenvalue weighted by atomic mass is 10.0. The predicted molar refractivity (Wildman–Crippen MR) is 77.8 cm³/mol. The molecule has 1 atom stereocenters. The van der Waals surface area contributed by atoms with E-state index in [0.717, 1.165) is 0 Å². The highest BCUT2D eigenvalue weighted by atomic mass is 35.5. The van der Waals surface area contributed by atoms with Crippen LogP contribution in [0.15, 0.2) is 42.5 Å². The smallest absolute Gasteiger partial charge is 0.127 e. The van der Waals surface area contributed by atoms with Crippen molar-refractivity contribution in [3.05, 3.63) is 70.0 Å². The van der Waals surface area contributed by atoms with Gasteiger partial charge < -0.3 is 5.32 Å². The third-order valence-electron chi connectivity index (χ3n) is 3.26. The van der Waals surface area contributed by atoms with Gasteiger partial charge in [-0.25, -0.2) is 4.39 Å².